The van der Waals surface area contributed by atoms with Crippen LogP contribution in [0.1, 0.15) is 36.1 Å². The lowest BCUT2D eigenvalue weighted by Gasteiger charge is -2.46. The predicted molar refractivity (Wildman–Crippen MR) is 173 cm³/mol. The van der Waals surface area contributed by atoms with Crippen molar-refractivity contribution in [3.63, 3.8) is 0 Å². The summed E-state index contributed by atoms with van der Waals surface area (Å²) in [6, 6.07) is 22.5. The third-order valence-electron chi connectivity index (χ3n) is 9.23. The van der Waals surface area contributed by atoms with Gasteiger partial charge in [0.05, 0.1) is 33.9 Å². The number of nitrogens with zero attached hydrogens (tertiary/aromatic N) is 1. The SMILES string of the molecule is COc1ccc([Si](C)(C)C(CC(=O)N2Cc3ccccc3C[C@H]2CO)[C@H]2Oc3ccc(I)cc3[C@@H](OC)[C@@H]2C)cc1. The van der Waals surface area contributed by atoms with Crippen LogP contribution in [0.15, 0.2) is 66.7 Å². The number of amides is 1. The molecule has 0 saturated heterocycles. The normalized spacial score (nSPS) is 22.8. The molecule has 0 fully saturated rings. The number of halogens is 1. The van der Waals surface area contributed by atoms with Crippen molar-refractivity contribution in [1.82, 2.24) is 4.90 Å². The lowest BCUT2D eigenvalue weighted by atomic mass is 9.86. The van der Waals surface area contributed by atoms with Crippen LogP contribution < -0.4 is 14.7 Å². The van der Waals surface area contributed by atoms with E-state index >= 15 is 0 Å². The van der Waals surface area contributed by atoms with Crippen molar-refractivity contribution in [3.05, 3.63) is 87.0 Å². The fourth-order valence-electron chi connectivity index (χ4n) is 6.71. The quantitative estimate of drug-likeness (QED) is 0.243. The van der Waals surface area contributed by atoms with E-state index in [0.29, 0.717) is 19.4 Å². The van der Waals surface area contributed by atoms with E-state index in [-0.39, 0.29) is 42.2 Å². The van der Waals surface area contributed by atoms with Gasteiger partial charge in [-0.3, -0.25) is 4.79 Å². The molecule has 2 heterocycles. The molecule has 0 aromatic heterocycles. The molecular formula is C33H40INO5Si. The third kappa shape index (κ3) is 5.93. The molecule has 1 amide bonds. The van der Waals surface area contributed by atoms with Crippen LogP contribution in [0.25, 0.3) is 0 Å². The Kier molecular flexibility index (Phi) is 9.13. The zero-order chi connectivity index (χ0) is 29.3. The maximum absolute atomic E-state index is 14.3. The Balaban J connectivity index is 1.53. The molecule has 2 aliphatic rings. The van der Waals surface area contributed by atoms with Gasteiger partial charge in [-0.05, 0) is 70.5 Å². The molecule has 5 atom stereocenters. The van der Waals surface area contributed by atoms with E-state index in [1.165, 1.54) is 10.8 Å². The Bertz CT molecular complexity index is 1380. The van der Waals surface area contributed by atoms with E-state index in [0.717, 1.165) is 26.2 Å². The second-order valence-corrected chi connectivity index (χ2v) is 17.9. The van der Waals surface area contributed by atoms with Crippen LogP contribution >= 0.6 is 22.6 Å². The smallest absolute Gasteiger partial charge is 0.223 e. The molecule has 3 aromatic carbocycles. The number of carbonyl (C=O) groups excluding carboxylic acids is 1. The monoisotopic (exact) mass is 685 g/mol. The highest BCUT2D eigenvalue weighted by molar-refractivity contribution is 14.1. The van der Waals surface area contributed by atoms with Gasteiger partial charge in [-0.1, -0.05) is 61.6 Å². The van der Waals surface area contributed by atoms with E-state index in [1.54, 1.807) is 14.2 Å². The van der Waals surface area contributed by atoms with E-state index in [1.807, 2.05) is 35.2 Å². The summed E-state index contributed by atoms with van der Waals surface area (Å²) in [7, 11) is 1.11. The highest BCUT2D eigenvalue weighted by Gasteiger charge is 2.48. The van der Waals surface area contributed by atoms with Gasteiger partial charge in [-0.2, -0.15) is 0 Å². The summed E-state index contributed by atoms with van der Waals surface area (Å²) in [5.41, 5.74) is 3.38. The van der Waals surface area contributed by atoms with E-state index in [9.17, 15) is 9.90 Å². The molecule has 0 radical (unpaired) electrons. The number of hydrogen-bond donors (Lipinski definition) is 1. The predicted octanol–water partition coefficient (Wildman–Crippen LogP) is 5.71. The average Bonchev–Trinajstić information content (AvgIpc) is 2.99. The molecule has 5 rings (SSSR count). The maximum atomic E-state index is 14.3. The van der Waals surface area contributed by atoms with Crippen molar-refractivity contribution in [2.24, 2.45) is 5.92 Å². The molecule has 2 aliphatic heterocycles. The summed E-state index contributed by atoms with van der Waals surface area (Å²) >= 11 is 2.33. The summed E-state index contributed by atoms with van der Waals surface area (Å²) < 4.78 is 19.5. The molecule has 1 N–H and O–H groups in total. The molecule has 1 unspecified atom stereocenters. The number of aliphatic hydroxyl groups excluding tert-OH is 1. The summed E-state index contributed by atoms with van der Waals surface area (Å²) in [6.07, 6.45) is 0.652. The third-order valence-corrected chi connectivity index (χ3v) is 14.1. The van der Waals surface area contributed by atoms with E-state index < -0.39 is 8.07 Å². The van der Waals surface area contributed by atoms with E-state index in [2.05, 4.69) is 79.0 Å². The highest BCUT2D eigenvalue weighted by Crippen LogP contribution is 2.47. The fourth-order valence-corrected chi connectivity index (χ4v) is 10.6. The van der Waals surface area contributed by atoms with Crippen molar-refractivity contribution >= 4 is 41.8 Å². The van der Waals surface area contributed by atoms with Crippen LogP contribution in [0, 0.1) is 9.49 Å². The fraction of sp³-hybridized carbons (Fsp3) is 0.424. The van der Waals surface area contributed by atoms with Gasteiger partial charge in [-0.25, -0.2) is 0 Å². The van der Waals surface area contributed by atoms with Crippen molar-refractivity contribution in [3.8, 4) is 11.5 Å². The minimum Gasteiger partial charge on any atom is -0.497 e. The standard InChI is InChI=1S/C33H40INO5Si/c1-21-32(39-3)28-17-24(34)10-15-29(28)40-33(21)30(41(4,5)27-13-11-26(38-2)12-14-27)18-31(37)35-19-23-9-7-6-8-22(23)16-25(35)20-36/h6-15,17,21,25,30,32-33,36H,16,18-20H2,1-5H3/t21-,25-,30?,32-,33-/m0/s1. The highest BCUT2D eigenvalue weighted by atomic mass is 127. The number of hydrogen-bond acceptors (Lipinski definition) is 5. The molecular weight excluding hydrogens is 645 g/mol. The molecule has 0 aliphatic carbocycles. The number of rotatable bonds is 8. The summed E-state index contributed by atoms with van der Waals surface area (Å²) in [5, 5.41) is 11.6. The van der Waals surface area contributed by atoms with Gasteiger partial charge in [0.1, 0.15) is 17.6 Å². The van der Waals surface area contributed by atoms with Crippen LogP contribution in [-0.4, -0.2) is 57.0 Å². The van der Waals surface area contributed by atoms with Gasteiger partial charge in [0, 0.05) is 40.7 Å². The molecule has 41 heavy (non-hydrogen) atoms. The number of benzene rings is 3. The van der Waals surface area contributed by atoms with Gasteiger partial charge < -0.3 is 24.2 Å². The Hall–Kier alpha value is -2.40. The first-order valence-corrected chi connectivity index (χ1v) is 18.4. The van der Waals surface area contributed by atoms with Crippen molar-refractivity contribution in [1.29, 1.82) is 0 Å². The molecule has 0 spiro atoms. The molecule has 3 aromatic rings. The van der Waals surface area contributed by atoms with Crippen LogP contribution in [0.2, 0.25) is 18.6 Å². The zero-order valence-corrected chi connectivity index (χ0v) is 27.6. The first-order valence-electron chi connectivity index (χ1n) is 14.3. The average molecular weight is 686 g/mol. The van der Waals surface area contributed by atoms with Crippen LogP contribution in [0.5, 0.6) is 11.5 Å². The lowest BCUT2D eigenvalue weighted by molar-refractivity contribution is -0.136. The number of methoxy groups -OCH3 is 2. The van der Waals surface area contributed by atoms with Crippen LogP contribution in [0.4, 0.5) is 0 Å². The number of carbonyl (C=O) groups is 1. The molecule has 6 nitrogen and oxygen atoms in total. The van der Waals surface area contributed by atoms with Crippen molar-refractivity contribution in [2.75, 3.05) is 20.8 Å². The summed E-state index contributed by atoms with van der Waals surface area (Å²) in [4.78, 5) is 16.2. The molecule has 0 bridgehead atoms. The van der Waals surface area contributed by atoms with Gasteiger partial charge in [0.15, 0.2) is 0 Å². The summed E-state index contributed by atoms with van der Waals surface area (Å²) in [6.45, 7) is 7.32. The van der Waals surface area contributed by atoms with E-state index in [4.69, 9.17) is 14.2 Å². The number of ether oxygens (including phenoxy) is 3. The minimum absolute atomic E-state index is 0.0317. The zero-order valence-electron chi connectivity index (χ0n) is 24.5. The number of fused-ring (bicyclic) bond motifs is 2. The molecule has 8 heteroatoms. The lowest BCUT2D eigenvalue weighted by Crippen LogP contribution is -2.56. The van der Waals surface area contributed by atoms with Crippen LogP contribution in [-0.2, 0) is 22.5 Å². The van der Waals surface area contributed by atoms with Crippen LogP contribution in [0.3, 0.4) is 0 Å². The first-order chi connectivity index (χ1) is 19.7. The Morgan fingerprint density at radius 3 is 2.46 bits per heavy atom. The number of aliphatic hydroxyl groups is 1. The van der Waals surface area contributed by atoms with Gasteiger partial charge in [0.25, 0.3) is 0 Å². The molecule has 218 valence electrons. The van der Waals surface area contributed by atoms with Gasteiger partial charge in [0.2, 0.25) is 5.91 Å². The maximum Gasteiger partial charge on any atom is 0.223 e. The minimum atomic E-state index is -2.33. The molecule has 0 saturated carbocycles. The second kappa shape index (κ2) is 12.4. The van der Waals surface area contributed by atoms with Crippen molar-refractivity contribution in [2.45, 2.75) is 63.2 Å². The second-order valence-electron chi connectivity index (χ2n) is 11.9. The summed E-state index contributed by atoms with van der Waals surface area (Å²) in [5.74, 6) is 1.74. The Labute approximate surface area is 258 Å². The topological polar surface area (TPSA) is 68.2 Å². The largest absolute Gasteiger partial charge is 0.497 e. The Morgan fingerprint density at radius 2 is 1.80 bits per heavy atom. The van der Waals surface area contributed by atoms with Gasteiger partial charge >= 0.3 is 0 Å². The Morgan fingerprint density at radius 1 is 1.10 bits per heavy atom. The van der Waals surface area contributed by atoms with Gasteiger partial charge in [-0.15, -0.1) is 0 Å². The first kappa shape index (κ1) is 30.1. The van der Waals surface area contributed by atoms with Crippen molar-refractivity contribution < 1.29 is 24.1 Å².